The molecule has 0 atom stereocenters. The Labute approximate surface area is 156 Å². The van der Waals surface area contributed by atoms with Gasteiger partial charge in [-0.05, 0) is 37.3 Å². The topological polar surface area (TPSA) is 80.8 Å². The molecule has 0 saturated carbocycles. The highest BCUT2D eigenvalue weighted by Gasteiger charge is 2.42. The van der Waals surface area contributed by atoms with E-state index in [0.29, 0.717) is 4.90 Å². The third kappa shape index (κ3) is 3.38. The maximum Gasteiger partial charge on any atom is 0.418 e. The third-order valence-electron chi connectivity index (χ3n) is 3.98. The van der Waals surface area contributed by atoms with Crippen molar-refractivity contribution in [3.05, 3.63) is 64.7 Å². The molecule has 0 spiro atoms. The summed E-state index contributed by atoms with van der Waals surface area (Å²) in [6, 6.07) is 7.64. The number of carbonyl (C=O) groups excluding carboxylic acids is 4. The SMILES string of the molecule is CC(=O)COC(=O)c1ccc2c(c1)C(=O)N(c1ccccc1C(F)(F)F)C2=O. The molecule has 6 nitrogen and oxygen atoms in total. The number of anilines is 1. The number of hydrogen-bond donors (Lipinski definition) is 0. The second-order valence-corrected chi connectivity index (χ2v) is 6.00. The maximum atomic E-state index is 13.3. The summed E-state index contributed by atoms with van der Waals surface area (Å²) in [4.78, 5) is 48.5. The molecule has 0 radical (unpaired) electrons. The number of rotatable bonds is 4. The van der Waals surface area contributed by atoms with Crippen LogP contribution in [0.15, 0.2) is 42.5 Å². The van der Waals surface area contributed by atoms with Crippen molar-refractivity contribution in [2.75, 3.05) is 11.5 Å². The Morgan fingerprint density at radius 3 is 2.29 bits per heavy atom. The Balaban J connectivity index is 1.99. The van der Waals surface area contributed by atoms with Gasteiger partial charge in [0.2, 0.25) is 0 Å². The zero-order chi connectivity index (χ0) is 20.6. The van der Waals surface area contributed by atoms with Gasteiger partial charge in [0.25, 0.3) is 11.8 Å². The predicted octanol–water partition coefficient (Wildman–Crippen LogP) is 3.25. The van der Waals surface area contributed by atoms with Gasteiger partial charge in [-0.15, -0.1) is 0 Å². The number of hydrogen-bond acceptors (Lipinski definition) is 5. The summed E-state index contributed by atoms with van der Waals surface area (Å²) in [5, 5.41) is 0. The van der Waals surface area contributed by atoms with Crippen LogP contribution in [0.5, 0.6) is 0 Å². The number of amides is 2. The van der Waals surface area contributed by atoms with Crippen LogP contribution in [-0.2, 0) is 15.7 Å². The van der Waals surface area contributed by atoms with Crippen molar-refractivity contribution in [2.45, 2.75) is 13.1 Å². The van der Waals surface area contributed by atoms with Crippen molar-refractivity contribution in [2.24, 2.45) is 0 Å². The molecule has 0 aromatic heterocycles. The minimum Gasteiger partial charge on any atom is -0.454 e. The average molecular weight is 391 g/mol. The summed E-state index contributed by atoms with van der Waals surface area (Å²) in [7, 11) is 0. The number of alkyl halides is 3. The number of benzene rings is 2. The monoisotopic (exact) mass is 391 g/mol. The van der Waals surface area contributed by atoms with Crippen molar-refractivity contribution < 1.29 is 37.1 Å². The highest BCUT2D eigenvalue weighted by molar-refractivity contribution is 6.35. The number of halogens is 3. The van der Waals surface area contributed by atoms with Crippen LogP contribution in [0.25, 0.3) is 0 Å². The largest absolute Gasteiger partial charge is 0.454 e. The van der Waals surface area contributed by atoms with E-state index < -0.39 is 47.6 Å². The molecule has 0 aliphatic carbocycles. The van der Waals surface area contributed by atoms with E-state index in [4.69, 9.17) is 4.74 Å². The van der Waals surface area contributed by atoms with Crippen molar-refractivity contribution in [1.29, 1.82) is 0 Å². The normalized spacial score (nSPS) is 13.5. The van der Waals surface area contributed by atoms with E-state index in [-0.39, 0.29) is 16.7 Å². The molecule has 0 saturated heterocycles. The number of ether oxygens (including phenoxy) is 1. The second kappa shape index (κ2) is 6.91. The fourth-order valence-electron chi connectivity index (χ4n) is 2.75. The first kappa shape index (κ1) is 19.3. The van der Waals surface area contributed by atoms with Crippen LogP contribution in [0.4, 0.5) is 18.9 Å². The fraction of sp³-hybridized carbons (Fsp3) is 0.158. The summed E-state index contributed by atoms with van der Waals surface area (Å²) in [5.74, 6) is -3.21. The molecule has 9 heteroatoms. The van der Waals surface area contributed by atoms with E-state index in [1.54, 1.807) is 0 Å². The number of Topliss-reactive ketones (excluding diaryl/α,β-unsaturated/α-hetero) is 1. The fourth-order valence-corrected chi connectivity index (χ4v) is 2.75. The van der Waals surface area contributed by atoms with Crippen LogP contribution in [0, 0.1) is 0 Å². The number of para-hydroxylation sites is 1. The van der Waals surface area contributed by atoms with E-state index in [9.17, 15) is 32.3 Å². The number of imide groups is 1. The van der Waals surface area contributed by atoms with Crippen molar-refractivity contribution >= 4 is 29.3 Å². The van der Waals surface area contributed by atoms with Gasteiger partial charge in [-0.25, -0.2) is 9.69 Å². The van der Waals surface area contributed by atoms with Gasteiger partial charge in [0.05, 0.1) is 27.9 Å². The zero-order valence-corrected chi connectivity index (χ0v) is 14.4. The molecular weight excluding hydrogens is 379 g/mol. The van der Waals surface area contributed by atoms with Gasteiger partial charge < -0.3 is 4.74 Å². The summed E-state index contributed by atoms with van der Waals surface area (Å²) in [5.41, 5.74) is -2.19. The van der Waals surface area contributed by atoms with Gasteiger partial charge in [0.15, 0.2) is 5.78 Å². The van der Waals surface area contributed by atoms with Crippen molar-refractivity contribution in [3.8, 4) is 0 Å². The van der Waals surface area contributed by atoms with Crippen LogP contribution < -0.4 is 4.90 Å². The summed E-state index contributed by atoms with van der Waals surface area (Å²) in [6.07, 6.45) is -4.77. The number of nitrogens with zero attached hydrogens (tertiary/aromatic N) is 1. The first-order valence-corrected chi connectivity index (χ1v) is 7.97. The Morgan fingerprint density at radius 2 is 1.64 bits per heavy atom. The molecule has 1 heterocycles. The summed E-state index contributed by atoms with van der Waals surface area (Å²) in [6.45, 7) is 0.752. The van der Waals surface area contributed by atoms with Gasteiger partial charge >= 0.3 is 12.1 Å². The Bertz CT molecular complexity index is 1010. The molecule has 1 aliphatic heterocycles. The predicted molar refractivity (Wildman–Crippen MR) is 90.0 cm³/mol. The summed E-state index contributed by atoms with van der Waals surface area (Å²) >= 11 is 0. The molecule has 0 fully saturated rings. The highest BCUT2D eigenvalue weighted by Crippen LogP contribution is 2.39. The van der Waals surface area contributed by atoms with Gasteiger partial charge in [-0.2, -0.15) is 13.2 Å². The smallest absolute Gasteiger partial charge is 0.418 e. The van der Waals surface area contributed by atoms with Crippen LogP contribution in [-0.4, -0.2) is 30.2 Å². The summed E-state index contributed by atoms with van der Waals surface area (Å²) < 4.78 is 44.5. The van der Waals surface area contributed by atoms with Gasteiger partial charge in [0.1, 0.15) is 6.61 Å². The Hall–Kier alpha value is -3.49. The molecule has 1 aliphatic rings. The van der Waals surface area contributed by atoms with Gasteiger partial charge in [0, 0.05) is 0 Å². The molecule has 0 unspecified atom stereocenters. The van der Waals surface area contributed by atoms with E-state index in [1.807, 2.05) is 0 Å². The van der Waals surface area contributed by atoms with Crippen molar-refractivity contribution in [1.82, 2.24) is 0 Å². The third-order valence-corrected chi connectivity index (χ3v) is 3.98. The maximum absolute atomic E-state index is 13.3. The minimum atomic E-state index is -4.77. The van der Waals surface area contributed by atoms with Crippen LogP contribution >= 0.6 is 0 Å². The van der Waals surface area contributed by atoms with E-state index >= 15 is 0 Å². The van der Waals surface area contributed by atoms with Crippen LogP contribution in [0.1, 0.15) is 43.6 Å². The lowest BCUT2D eigenvalue weighted by Crippen LogP contribution is -2.31. The van der Waals surface area contributed by atoms with Crippen LogP contribution in [0.2, 0.25) is 0 Å². The standard InChI is InChI=1S/C19H12F3NO5/c1-10(24)9-28-18(27)11-6-7-12-13(8-11)17(26)23(16(12)25)15-5-3-2-4-14(15)19(20,21)22/h2-8H,9H2,1H3. The molecule has 0 bridgehead atoms. The molecule has 2 amide bonds. The lowest BCUT2D eigenvalue weighted by Gasteiger charge is -2.19. The van der Waals surface area contributed by atoms with E-state index in [2.05, 4.69) is 0 Å². The van der Waals surface area contributed by atoms with E-state index in [0.717, 1.165) is 30.3 Å². The molecule has 2 aromatic carbocycles. The first-order valence-electron chi connectivity index (χ1n) is 7.97. The zero-order valence-electron chi connectivity index (χ0n) is 14.4. The number of carbonyl (C=O) groups is 4. The highest BCUT2D eigenvalue weighted by atomic mass is 19.4. The Morgan fingerprint density at radius 1 is 1.00 bits per heavy atom. The first-order chi connectivity index (χ1) is 13.1. The molecule has 0 N–H and O–H groups in total. The quantitative estimate of drug-likeness (QED) is 0.590. The molecule has 3 rings (SSSR count). The second-order valence-electron chi connectivity index (χ2n) is 6.00. The van der Waals surface area contributed by atoms with Crippen molar-refractivity contribution in [3.63, 3.8) is 0 Å². The lowest BCUT2D eigenvalue weighted by atomic mass is 10.1. The Kier molecular flexibility index (Phi) is 4.76. The van der Waals surface area contributed by atoms with Gasteiger partial charge in [-0.1, -0.05) is 12.1 Å². The van der Waals surface area contributed by atoms with Gasteiger partial charge in [-0.3, -0.25) is 14.4 Å². The molecule has 2 aromatic rings. The molecular formula is C19H12F3NO5. The van der Waals surface area contributed by atoms with E-state index in [1.165, 1.54) is 19.1 Å². The van der Waals surface area contributed by atoms with Crippen LogP contribution in [0.3, 0.4) is 0 Å². The number of ketones is 1. The minimum absolute atomic E-state index is 0.105. The lowest BCUT2D eigenvalue weighted by molar-refractivity contribution is -0.137. The average Bonchev–Trinajstić information content (AvgIpc) is 2.89. The number of fused-ring (bicyclic) bond motifs is 1. The number of esters is 1. The molecule has 144 valence electrons. The molecule has 28 heavy (non-hydrogen) atoms.